The SMILES string of the molecule is CC(C)(C)c1ccc(C(=O)Nc2ccc(C3SCC(=O)N3c3cc(F)ccc3F)cc2)cc1. The van der Waals surface area contributed by atoms with Crippen LogP contribution in [0.25, 0.3) is 0 Å². The van der Waals surface area contributed by atoms with Gasteiger partial charge in [0.2, 0.25) is 5.91 Å². The Morgan fingerprint density at radius 2 is 1.67 bits per heavy atom. The van der Waals surface area contributed by atoms with Crippen molar-refractivity contribution in [3.8, 4) is 0 Å². The molecule has 0 bridgehead atoms. The lowest BCUT2D eigenvalue weighted by Crippen LogP contribution is -2.28. The molecular weight excluding hydrogens is 442 g/mol. The number of carbonyl (C=O) groups is 2. The molecule has 1 atom stereocenters. The summed E-state index contributed by atoms with van der Waals surface area (Å²) in [6, 6.07) is 17.6. The van der Waals surface area contributed by atoms with E-state index < -0.39 is 17.0 Å². The highest BCUT2D eigenvalue weighted by Gasteiger charge is 2.35. The predicted octanol–water partition coefficient (Wildman–Crippen LogP) is 6.29. The van der Waals surface area contributed by atoms with E-state index in [0.717, 1.165) is 29.3 Å². The summed E-state index contributed by atoms with van der Waals surface area (Å²) in [6.45, 7) is 6.34. The van der Waals surface area contributed by atoms with E-state index in [0.29, 0.717) is 11.3 Å². The van der Waals surface area contributed by atoms with Gasteiger partial charge in [-0.05, 0) is 52.9 Å². The van der Waals surface area contributed by atoms with Gasteiger partial charge in [0.15, 0.2) is 0 Å². The minimum Gasteiger partial charge on any atom is -0.322 e. The normalized spacial score (nSPS) is 16.2. The van der Waals surface area contributed by atoms with E-state index in [2.05, 4.69) is 26.1 Å². The largest absolute Gasteiger partial charge is 0.322 e. The number of halogens is 2. The van der Waals surface area contributed by atoms with Crippen LogP contribution in [0.1, 0.15) is 47.6 Å². The number of amides is 2. The van der Waals surface area contributed by atoms with Crippen molar-refractivity contribution in [1.29, 1.82) is 0 Å². The quantitative estimate of drug-likeness (QED) is 0.491. The van der Waals surface area contributed by atoms with Crippen LogP contribution in [-0.4, -0.2) is 17.6 Å². The van der Waals surface area contributed by atoms with E-state index in [1.165, 1.54) is 16.7 Å². The van der Waals surface area contributed by atoms with Gasteiger partial charge in [0, 0.05) is 17.3 Å². The highest BCUT2D eigenvalue weighted by Crippen LogP contribution is 2.43. The van der Waals surface area contributed by atoms with Gasteiger partial charge in [-0.2, -0.15) is 0 Å². The monoisotopic (exact) mass is 466 g/mol. The fourth-order valence-corrected chi connectivity index (χ4v) is 4.83. The summed E-state index contributed by atoms with van der Waals surface area (Å²) in [5.74, 6) is -1.60. The number of thioether (sulfide) groups is 1. The molecule has 7 heteroatoms. The lowest BCUT2D eigenvalue weighted by molar-refractivity contribution is -0.115. The summed E-state index contributed by atoms with van der Waals surface area (Å²) >= 11 is 1.34. The topological polar surface area (TPSA) is 49.4 Å². The van der Waals surface area contributed by atoms with Crippen LogP contribution in [0.2, 0.25) is 0 Å². The highest BCUT2D eigenvalue weighted by atomic mass is 32.2. The van der Waals surface area contributed by atoms with Crippen molar-refractivity contribution in [2.45, 2.75) is 31.6 Å². The summed E-state index contributed by atoms with van der Waals surface area (Å²) in [7, 11) is 0. The van der Waals surface area contributed by atoms with Crippen molar-refractivity contribution < 1.29 is 18.4 Å². The number of nitrogens with one attached hydrogen (secondary N) is 1. The number of nitrogens with zero attached hydrogens (tertiary/aromatic N) is 1. The molecule has 4 nitrogen and oxygen atoms in total. The van der Waals surface area contributed by atoms with Gasteiger partial charge in [0.1, 0.15) is 17.0 Å². The van der Waals surface area contributed by atoms with Gasteiger partial charge in [-0.3, -0.25) is 14.5 Å². The maximum atomic E-state index is 14.3. The summed E-state index contributed by atoms with van der Waals surface area (Å²) < 4.78 is 28.0. The number of benzene rings is 3. The van der Waals surface area contributed by atoms with Crippen LogP contribution in [0, 0.1) is 11.6 Å². The highest BCUT2D eigenvalue weighted by molar-refractivity contribution is 8.00. The minimum absolute atomic E-state index is 0.00673. The first-order valence-corrected chi connectivity index (χ1v) is 11.6. The van der Waals surface area contributed by atoms with Gasteiger partial charge < -0.3 is 5.32 Å². The van der Waals surface area contributed by atoms with Crippen LogP contribution in [0.5, 0.6) is 0 Å². The Labute approximate surface area is 196 Å². The maximum Gasteiger partial charge on any atom is 0.255 e. The average molecular weight is 467 g/mol. The molecule has 4 rings (SSSR count). The molecule has 1 heterocycles. The van der Waals surface area contributed by atoms with Crippen LogP contribution >= 0.6 is 11.8 Å². The number of rotatable bonds is 4. The summed E-state index contributed by atoms with van der Waals surface area (Å²) in [4.78, 5) is 26.3. The van der Waals surface area contributed by atoms with Crippen molar-refractivity contribution >= 4 is 35.0 Å². The molecule has 2 amide bonds. The molecule has 0 aliphatic carbocycles. The molecular formula is C26H24F2N2O2S. The second kappa shape index (κ2) is 8.98. The predicted molar refractivity (Wildman–Crippen MR) is 129 cm³/mol. The Balaban J connectivity index is 1.50. The van der Waals surface area contributed by atoms with E-state index >= 15 is 0 Å². The Morgan fingerprint density at radius 1 is 1.00 bits per heavy atom. The lowest BCUT2D eigenvalue weighted by Gasteiger charge is -2.25. The number of hydrogen-bond donors (Lipinski definition) is 1. The van der Waals surface area contributed by atoms with Crippen LogP contribution in [-0.2, 0) is 10.2 Å². The van der Waals surface area contributed by atoms with Crippen LogP contribution in [0.3, 0.4) is 0 Å². The molecule has 3 aromatic rings. The molecule has 1 N–H and O–H groups in total. The molecule has 1 saturated heterocycles. The third kappa shape index (κ3) is 4.93. The fraction of sp³-hybridized carbons (Fsp3) is 0.231. The van der Waals surface area contributed by atoms with E-state index in [-0.39, 0.29) is 28.7 Å². The van der Waals surface area contributed by atoms with Gasteiger partial charge in [0.05, 0.1) is 11.4 Å². The molecule has 0 radical (unpaired) electrons. The molecule has 0 aromatic heterocycles. The van der Waals surface area contributed by atoms with Crippen LogP contribution < -0.4 is 10.2 Å². The molecule has 0 saturated carbocycles. The molecule has 1 unspecified atom stereocenters. The second-order valence-electron chi connectivity index (χ2n) is 8.93. The maximum absolute atomic E-state index is 14.3. The molecule has 170 valence electrons. The third-order valence-corrected chi connectivity index (χ3v) is 6.71. The smallest absolute Gasteiger partial charge is 0.255 e. The van der Waals surface area contributed by atoms with Gasteiger partial charge in [0.25, 0.3) is 5.91 Å². The zero-order valence-corrected chi connectivity index (χ0v) is 19.4. The number of anilines is 2. The van der Waals surface area contributed by atoms with Crippen molar-refractivity contribution in [1.82, 2.24) is 0 Å². The third-order valence-electron chi connectivity index (χ3n) is 5.50. The van der Waals surface area contributed by atoms with E-state index in [9.17, 15) is 18.4 Å². The van der Waals surface area contributed by atoms with E-state index in [4.69, 9.17) is 0 Å². The van der Waals surface area contributed by atoms with Crippen LogP contribution in [0.4, 0.5) is 20.2 Å². The summed E-state index contributed by atoms with van der Waals surface area (Å²) in [6.07, 6.45) is 0. The first-order chi connectivity index (χ1) is 15.6. The minimum atomic E-state index is -0.654. The van der Waals surface area contributed by atoms with Crippen molar-refractivity contribution in [2.75, 3.05) is 16.0 Å². The zero-order valence-electron chi connectivity index (χ0n) is 18.6. The van der Waals surface area contributed by atoms with E-state index in [1.807, 2.05) is 12.1 Å². The number of carbonyl (C=O) groups excluding carboxylic acids is 2. The fourth-order valence-electron chi connectivity index (χ4n) is 3.66. The van der Waals surface area contributed by atoms with E-state index in [1.54, 1.807) is 36.4 Å². The first kappa shape index (κ1) is 23.0. The molecule has 33 heavy (non-hydrogen) atoms. The van der Waals surface area contributed by atoms with Crippen molar-refractivity contribution in [2.24, 2.45) is 0 Å². The van der Waals surface area contributed by atoms with Crippen molar-refractivity contribution in [3.05, 3.63) is 95.1 Å². The Kier molecular flexibility index (Phi) is 6.26. The summed E-state index contributed by atoms with van der Waals surface area (Å²) in [5, 5.41) is 2.38. The van der Waals surface area contributed by atoms with Gasteiger partial charge in [-0.1, -0.05) is 45.0 Å². The summed E-state index contributed by atoms with van der Waals surface area (Å²) in [5.41, 5.74) is 2.98. The Bertz CT molecular complexity index is 1190. The zero-order chi connectivity index (χ0) is 23.8. The van der Waals surface area contributed by atoms with Crippen LogP contribution in [0.15, 0.2) is 66.7 Å². The van der Waals surface area contributed by atoms with Gasteiger partial charge in [-0.25, -0.2) is 8.78 Å². The molecule has 1 aliphatic heterocycles. The molecule has 1 fully saturated rings. The molecule has 1 aliphatic rings. The molecule has 0 spiro atoms. The van der Waals surface area contributed by atoms with Gasteiger partial charge >= 0.3 is 0 Å². The Hall–Kier alpha value is -3.19. The van der Waals surface area contributed by atoms with Gasteiger partial charge in [-0.15, -0.1) is 11.8 Å². The average Bonchev–Trinajstić information content (AvgIpc) is 3.16. The second-order valence-corrected chi connectivity index (χ2v) is 9.99. The lowest BCUT2D eigenvalue weighted by atomic mass is 9.87. The van der Waals surface area contributed by atoms with Crippen molar-refractivity contribution in [3.63, 3.8) is 0 Å². The molecule has 3 aromatic carbocycles. The first-order valence-electron chi connectivity index (χ1n) is 10.5. The number of hydrogen-bond acceptors (Lipinski definition) is 3. The standard InChI is InChI=1S/C26H24F2N2O2S/c1-26(2,3)18-8-4-16(5-9-18)24(32)29-20-11-6-17(7-12-20)25-30(23(31)15-33-25)22-14-19(27)10-13-21(22)28/h4-14,25H,15H2,1-3H3,(H,29,32). The Morgan fingerprint density at radius 3 is 2.30 bits per heavy atom.